The molecule has 0 amide bonds. The summed E-state index contributed by atoms with van der Waals surface area (Å²) in [6, 6.07) is 7.59. The molecule has 0 bridgehead atoms. The second-order valence-corrected chi connectivity index (χ2v) is 5.62. The summed E-state index contributed by atoms with van der Waals surface area (Å²) in [7, 11) is 0. The molecular weight excluding hydrogens is 292 g/mol. The van der Waals surface area contributed by atoms with Crippen LogP contribution in [-0.4, -0.2) is 53.0 Å². The summed E-state index contributed by atoms with van der Waals surface area (Å²) in [5.74, 6) is 0.364. The Labute approximate surface area is 118 Å². The average Bonchev–Trinajstić information content (AvgIpc) is 2.56. The van der Waals surface area contributed by atoms with E-state index in [0.717, 1.165) is 38.1 Å². The van der Waals surface area contributed by atoms with Gasteiger partial charge in [0.1, 0.15) is 5.75 Å². The summed E-state index contributed by atoms with van der Waals surface area (Å²) in [4.78, 5) is 4.99. The second kappa shape index (κ2) is 7.12. The van der Waals surface area contributed by atoms with Crippen LogP contribution < -0.4 is 0 Å². The topological polar surface area (TPSA) is 26.7 Å². The maximum atomic E-state index is 9.48. The zero-order valence-electron chi connectivity index (χ0n) is 10.7. The quantitative estimate of drug-likeness (QED) is 0.864. The highest BCUT2D eigenvalue weighted by molar-refractivity contribution is 9.09. The first-order valence-electron chi connectivity index (χ1n) is 6.56. The number of phenolic OH excluding ortho intramolecular Hbond substituents is 1. The Morgan fingerprint density at radius 2 is 1.89 bits per heavy atom. The van der Waals surface area contributed by atoms with Crippen LogP contribution in [-0.2, 0) is 6.54 Å². The Kier molecular flexibility index (Phi) is 5.47. The predicted molar refractivity (Wildman–Crippen MR) is 78.2 cm³/mol. The van der Waals surface area contributed by atoms with E-state index in [9.17, 15) is 5.11 Å². The van der Waals surface area contributed by atoms with Crippen molar-refractivity contribution in [2.75, 3.05) is 38.1 Å². The molecule has 0 spiro atoms. The Bertz CT molecular complexity index is 373. The number of phenols is 1. The van der Waals surface area contributed by atoms with Crippen LogP contribution in [0.4, 0.5) is 0 Å². The van der Waals surface area contributed by atoms with Crippen molar-refractivity contribution in [1.29, 1.82) is 0 Å². The molecule has 1 aromatic carbocycles. The molecule has 18 heavy (non-hydrogen) atoms. The summed E-state index contributed by atoms with van der Waals surface area (Å²) in [6.07, 6.45) is 1.23. The Morgan fingerprint density at radius 3 is 2.67 bits per heavy atom. The van der Waals surface area contributed by atoms with E-state index in [0.29, 0.717) is 5.75 Å². The highest BCUT2D eigenvalue weighted by atomic mass is 79.9. The molecular formula is C14H21BrN2O. The monoisotopic (exact) mass is 312 g/mol. The van der Waals surface area contributed by atoms with Gasteiger partial charge in [0.25, 0.3) is 0 Å². The number of benzene rings is 1. The molecule has 1 aliphatic heterocycles. The minimum absolute atomic E-state index is 0.364. The molecule has 1 fully saturated rings. The van der Waals surface area contributed by atoms with Crippen molar-refractivity contribution in [3.63, 3.8) is 0 Å². The molecule has 4 heteroatoms. The van der Waals surface area contributed by atoms with Gasteiger partial charge in [-0.2, -0.15) is 0 Å². The van der Waals surface area contributed by atoms with Gasteiger partial charge >= 0.3 is 0 Å². The summed E-state index contributed by atoms with van der Waals surface area (Å²) in [5.41, 5.74) is 1.20. The average molecular weight is 313 g/mol. The van der Waals surface area contributed by atoms with Crippen LogP contribution in [0.1, 0.15) is 12.0 Å². The van der Waals surface area contributed by atoms with Gasteiger partial charge in [0, 0.05) is 31.5 Å². The lowest BCUT2D eigenvalue weighted by Gasteiger charge is -2.21. The first-order chi connectivity index (χ1) is 8.78. The van der Waals surface area contributed by atoms with E-state index in [2.05, 4.69) is 31.8 Å². The smallest absolute Gasteiger partial charge is 0.115 e. The van der Waals surface area contributed by atoms with Crippen molar-refractivity contribution in [1.82, 2.24) is 9.80 Å². The van der Waals surface area contributed by atoms with Crippen LogP contribution in [0.15, 0.2) is 24.3 Å². The minimum atomic E-state index is 0.364. The number of hydrogen-bond acceptors (Lipinski definition) is 3. The maximum absolute atomic E-state index is 9.48. The molecule has 1 aliphatic rings. The largest absolute Gasteiger partial charge is 0.508 e. The van der Waals surface area contributed by atoms with E-state index in [1.807, 2.05) is 12.1 Å². The number of halogens is 1. The van der Waals surface area contributed by atoms with Crippen LogP contribution in [0.2, 0.25) is 0 Å². The molecule has 0 saturated carbocycles. The van der Waals surface area contributed by atoms with Crippen molar-refractivity contribution < 1.29 is 5.11 Å². The Morgan fingerprint density at radius 1 is 1.11 bits per heavy atom. The zero-order chi connectivity index (χ0) is 12.8. The van der Waals surface area contributed by atoms with Gasteiger partial charge in [-0.1, -0.05) is 28.1 Å². The molecule has 0 aromatic heterocycles. The molecule has 0 aliphatic carbocycles. The van der Waals surface area contributed by atoms with Crippen LogP contribution >= 0.6 is 15.9 Å². The highest BCUT2D eigenvalue weighted by Gasteiger charge is 2.14. The molecule has 100 valence electrons. The number of hydrogen-bond donors (Lipinski definition) is 1. The van der Waals surface area contributed by atoms with E-state index in [-0.39, 0.29) is 0 Å². The number of aromatic hydroxyl groups is 1. The van der Waals surface area contributed by atoms with Crippen molar-refractivity contribution in [3.8, 4) is 5.75 Å². The third kappa shape index (κ3) is 4.26. The summed E-state index contributed by atoms with van der Waals surface area (Å²) < 4.78 is 0. The van der Waals surface area contributed by atoms with Gasteiger partial charge in [-0.15, -0.1) is 0 Å². The normalized spacial score (nSPS) is 18.7. The van der Waals surface area contributed by atoms with Crippen LogP contribution in [0.5, 0.6) is 5.75 Å². The van der Waals surface area contributed by atoms with Crippen molar-refractivity contribution >= 4 is 15.9 Å². The lowest BCUT2D eigenvalue weighted by molar-refractivity contribution is 0.258. The van der Waals surface area contributed by atoms with E-state index < -0.39 is 0 Å². The van der Waals surface area contributed by atoms with Crippen LogP contribution in [0.3, 0.4) is 0 Å². The van der Waals surface area contributed by atoms with Gasteiger partial charge in [0.05, 0.1) is 0 Å². The van der Waals surface area contributed by atoms with Gasteiger partial charge in [-0.3, -0.25) is 4.90 Å². The van der Waals surface area contributed by atoms with E-state index in [4.69, 9.17) is 0 Å². The molecule has 1 heterocycles. The molecule has 1 aromatic rings. The molecule has 3 nitrogen and oxygen atoms in total. The zero-order valence-corrected chi connectivity index (χ0v) is 12.3. The SMILES string of the molecule is Oc1cccc(CN2CCCN(CCBr)CC2)c1. The lowest BCUT2D eigenvalue weighted by atomic mass is 10.2. The number of nitrogens with zero attached hydrogens (tertiary/aromatic N) is 2. The van der Waals surface area contributed by atoms with Gasteiger partial charge in [0.15, 0.2) is 0 Å². The van der Waals surface area contributed by atoms with Gasteiger partial charge < -0.3 is 10.0 Å². The minimum Gasteiger partial charge on any atom is -0.508 e. The van der Waals surface area contributed by atoms with Gasteiger partial charge in [0.2, 0.25) is 0 Å². The van der Waals surface area contributed by atoms with Crippen LogP contribution in [0, 0.1) is 0 Å². The fourth-order valence-electron chi connectivity index (χ4n) is 2.44. The lowest BCUT2D eigenvalue weighted by Crippen LogP contribution is -2.31. The van der Waals surface area contributed by atoms with Gasteiger partial charge in [-0.25, -0.2) is 0 Å². The van der Waals surface area contributed by atoms with Crippen molar-refractivity contribution in [2.24, 2.45) is 0 Å². The maximum Gasteiger partial charge on any atom is 0.115 e. The molecule has 2 rings (SSSR count). The van der Waals surface area contributed by atoms with Crippen molar-refractivity contribution in [3.05, 3.63) is 29.8 Å². The Hall–Kier alpha value is -0.580. The van der Waals surface area contributed by atoms with Crippen LogP contribution in [0.25, 0.3) is 0 Å². The third-order valence-electron chi connectivity index (χ3n) is 3.40. The fraction of sp³-hybridized carbons (Fsp3) is 0.571. The number of alkyl halides is 1. The molecule has 0 atom stereocenters. The summed E-state index contributed by atoms with van der Waals surface area (Å²) >= 11 is 3.50. The predicted octanol–water partition coefficient (Wildman–Crippen LogP) is 2.29. The molecule has 0 unspecified atom stereocenters. The van der Waals surface area contributed by atoms with Gasteiger partial charge in [-0.05, 0) is 37.2 Å². The second-order valence-electron chi connectivity index (χ2n) is 4.83. The van der Waals surface area contributed by atoms with Crippen molar-refractivity contribution in [2.45, 2.75) is 13.0 Å². The standard InChI is InChI=1S/C14H21BrN2O/c15-5-8-16-6-2-7-17(10-9-16)12-13-3-1-4-14(18)11-13/h1,3-4,11,18H,2,5-10,12H2. The molecule has 0 radical (unpaired) electrons. The number of rotatable bonds is 4. The first-order valence-corrected chi connectivity index (χ1v) is 7.68. The highest BCUT2D eigenvalue weighted by Crippen LogP contribution is 2.14. The summed E-state index contributed by atoms with van der Waals surface area (Å²) in [6.45, 7) is 6.68. The Balaban J connectivity index is 1.87. The van der Waals surface area contributed by atoms with E-state index in [1.54, 1.807) is 6.07 Å². The molecule has 1 N–H and O–H groups in total. The van der Waals surface area contributed by atoms with E-state index >= 15 is 0 Å². The molecule has 1 saturated heterocycles. The third-order valence-corrected chi connectivity index (χ3v) is 3.75. The summed E-state index contributed by atoms with van der Waals surface area (Å²) in [5, 5.41) is 10.5. The first kappa shape index (κ1) is 13.8. The van der Waals surface area contributed by atoms with E-state index in [1.165, 1.54) is 18.5 Å². The fourth-order valence-corrected chi connectivity index (χ4v) is 2.94.